The Morgan fingerprint density at radius 1 is 1.40 bits per heavy atom. The summed E-state index contributed by atoms with van der Waals surface area (Å²) in [6, 6.07) is 3.79. The highest BCUT2D eigenvalue weighted by molar-refractivity contribution is 14.0. The summed E-state index contributed by atoms with van der Waals surface area (Å²) in [5, 5.41) is 9.65. The molecule has 7 heteroatoms. The molecule has 0 spiro atoms. The molecule has 0 aliphatic carbocycles. The van der Waals surface area contributed by atoms with E-state index in [2.05, 4.69) is 32.9 Å². The molecule has 0 bridgehead atoms. The molecule has 0 unspecified atom stereocenters. The van der Waals surface area contributed by atoms with Gasteiger partial charge in [-0.05, 0) is 18.6 Å². The fourth-order valence-corrected chi connectivity index (χ4v) is 2.32. The van der Waals surface area contributed by atoms with Gasteiger partial charge in [0, 0.05) is 12.4 Å². The van der Waals surface area contributed by atoms with Gasteiger partial charge in [-0.25, -0.2) is 4.98 Å². The summed E-state index contributed by atoms with van der Waals surface area (Å²) in [6.07, 6.45) is 2.64. The number of nitrogens with one attached hydrogen (secondary N) is 2. The highest BCUT2D eigenvalue weighted by Crippen LogP contribution is 2.09. The summed E-state index contributed by atoms with van der Waals surface area (Å²) in [7, 11) is 1.75. The van der Waals surface area contributed by atoms with Crippen molar-refractivity contribution in [3.63, 3.8) is 0 Å². The summed E-state index contributed by atoms with van der Waals surface area (Å²) >= 11 is 1.69. The topological polar surface area (TPSA) is 62.5 Å². The van der Waals surface area contributed by atoms with E-state index in [9.17, 15) is 0 Å². The summed E-state index contributed by atoms with van der Waals surface area (Å²) in [5.41, 5.74) is 1.04. The molecule has 5 nitrogen and oxygen atoms in total. The first-order chi connectivity index (χ1) is 9.31. The highest BCUT2D eigenvalue weighted by atomic mass is 127. The maximum absolute atomic E-state index is 5.25. The minimum Gasteiger partial charge on any atom is -0.467 e. The number of nitrogens with zero attached hydrogens (tertiary/aromatic N) is 2. The fraction of sp³-hybridized carbons (Fsp3) is 0.385. The van der Waals surface area contributed by atoms with Crippen LogP contribution in [0.1, 0.15) is 23.4 Å². The number of guanidine groups is 1. The lowest BCUT2D eigenvalue weighted by Crippen LogP contribution is -2.36. The standard InChI is InChI=1S/C13H18N4OS.HI/c1-3-12-17-10(9-19-12)7-15-13(14-2)16-8-11-5-4-6-18-11;/h4-6,9H,3,7-8H2,1-2H3,(H2,14,15,16);1H. The van der Waals surface area contributed by atoms with Crippen molar-refractivity contribution in [1.82, 2.24) is 15.6 Å². The molecule has 0 atom stereocenters. The van der Waals surface area contributed by atoms with E-state index in [1.807, 2.05) is 12.1 Å². The van der Waals surface area contributed by atoms with Gasteiger partial charge in [0.25, 0.3) is 0 Å². The fourth-order valence-electron chi connectivity index (χ4n) is 1.57. The van der Waals surface area contributed by atoms with Crippen LogP contribution in [0.4, 0.5) is 0 Å². The average molecular weight is 406 g/mol. The Bertz CT molecular complexity index is 524. The van der Waals surface area contributed by atoms with Crippen LogP contribution >= 0.6 is 35.3 Å². The number of thiazole rings is 1. The van der Waals surface area contributed by atoms with Crippen LogP contribution in [-0.2, 0) is 19.5 Å². The Morgan fingerprint density at radius 3 is 2.80 bits per heavy atom. The predicted molar refractivity (Wildman–Crippen MR) is 92.7 cm³/mol. The van der Waals surface area contributed by atoms with Gasteiger partial charge in [-0.2, -0.15) is 0 Å². The second-order valence-corrected chi connectivity index (χ2v) is 4.89. The lowest BCUT2D eigenvalue weighted by atomic mass is 10.4. The molecular weight excluding hydrogens is 387 g/mol. The van der Waals surface area contributed by atoms with Crippen LogP contribution in [0, 0.1) is 0 Å². The summed E-state index contributed by atoms with van der Waals surface area (Å²) in [5.74, 6) is 1.62. The number of furan rings is 1. The average Bonchev–Trinajstić information content (AvgIpc) is 3.10. The molecule has 2 aromatic heterocycles. The van der Waals surface area contributed by atoms with E-state index in [0.717, 1.165) is 28.8 Å². The number of rotatable bonds is 5. The Labute approximate surface area is 139 Å². The van der Waals surface area contributed by atoms with Crippen molar-refractivity contribution in [2.45, 2.75) is 26.4 Å². The van der Waals surface area contributed by atoms with Gasteiger partial charge in [0.15, 0.2) is 5.96 Å². The third-order valence-corrected chi connectivity index (χ3v) is 3.61. The first-order valence-corrected chi connectivity index (χ1v) is 7.10. The van der Waals surface area contributed by atoms with E-state index in [1.165, 1.54) is 0 Å². The monoisotopic (exact) mass is 406 g/mol. The van der Waals surface area contributed by atoms with E-state index in [-0.39, 0.29) is 24.0 Å². The minimum absolute atomic E-state index is 0. The van der Waals surface area contributed by atoms with Crippen molar-refractivity contribution >= 4 is 41.3 Å². The third-order valence-electron chi connectivity index (χ3n) is 2.57. The molecule has 0 radical (unpaired) electrons. The van der Waals surface area contributed by atoms with Crippen molar-refractivity contribution in [1.29, 1.82) is 0 Å². The SMILES string of the molecule is CCc1nc(CNC(=NC)NCc2ccco2)cs1.I. The molecule has 110 valence electrons. The van der Waals surface area contributed by atoms with Crippen LogP contribution in [0.25, 0.3) is 0 Å². The maximum atomic E-state index is 5.25. The summed E-state index contributed by atoms with van der Waals surface area (Å²) in [6.45, 7) is 3.40. The van der Waals surface area contributed by atoms with E-state index < -0.39 is 0 Å². The van der Waals surface area contributed by atoms with Crippen LogP contribution in [0.5, 0.6) is 0 Å². The molecule has 0 amide bonds. The molecule has 2 rings (SSSR count). The van der Waals surface area contributed by atoms with Crippen molar-refractivity contribution < 1.29 is 4.42 Å². The van der Waals surface area contributed by atoms with Crippen LogP contribution in [0.3, 0.4) is 0 Å². The van der Waals surface area contributed by atoms with Gasteiger partial charge < -0.3 is 15.1 Å². The quantitative estimate of drug-likeness (QED) is 0.456. The van der Waals surface area contributed by atoms with Gasteiger partial charge in [-0.15, -0.1) is 35.3 Å². The molecule has 0 aliphatic rings. The van der Waals surface area contributed by atoms with Crippen molar-refractivity contribution in [2.24, 2.45) is 4.99 Å². The Hall–Kier alpha value is -1.09. The smallest absolute Gasteiger partial charge is 0.191 e. The van der Waals surface area contributed by atoms with E-state index >= 15 is 0 Å². The van der Waals surface area contributed by atoms with Crippen LogP contribution in [-0.4, -0.2) is 18.0 Å². The number of hydrogen-bond donors (Lipinski definition) is 2. The minimum atomic E-state index is 0. The lowest BCUT2D eigenvalue weighted by molar-refractivity contribution is 0.501. The summed E-state index contributed by atoms with van der Waals surface area (Å²) in [4.78, 5) is 8.66. The summed E-state index contributed by atoms with van der Waals surface area (Å²) < 4.78 is 5.25. The van der Waals surface area contributed by atoms with Gasteiger partial charge >= 0.3 is 0 Å². The van der Waals surface area contributed by atoms with Gasteiger partial charge in [0.05, 0.1) is 30.1 Å². The van der Waals surface area contributed by atoms with Crippen molar-refractivity contribution in [3.05, 3.63) is 40.2 Å². The molecule has 2 aromatic rings. The molecule has 2 N–H and O–H groups in total. The zero-order valence-corrected chi connectivity index (χ0v) is 14.7. The number of aromatic nitrogens is 1. The van der Waals surface area contributed by atoms with Gasteiger partial charge in [0.2, 0.25) is 0 Å². The number of halogens is 1. The van der Waals surface area contributed by atoms with Crippen LogP contribution in [0.15, 0.2) is 33.2 Å². The molecule has 0 fully saturated rings. The second kappa shape index (κ2) is 8.96. The van der Waals surface area contributed by atoms with Crippen LogP contribution in [0.2, 0.25) is 0 Å². The van der Waals surface area contributed by atoms with Crippen molar-refractivity contribution in [3.8, 4) is 0 Å². The second-order valence-electron chi connectivity index (χ2n) is 3.94. The number of aliphatic imine (C=N–C) groups is 1. The van der Waals surface area contributed by atoms with Gasteiger partial charge in [-0.3, -0.25) is 4.99 Å². The largest absolute Gasteiger partial charge is 0.467 e. The first kappa shape index (κ1) is 17.0. The normalized spacial score (nSPS) is 11.0. The molecule has 0 aliphatic heterocycles. The zero-order chi connectivity index (χ0) is 13.5. The van der Waals surface area contributed by atoms with Gasteiger partial charge in [-0.1, -0.05) is 6.92 Å². The van der Waals surface area contributed by atoms with Crippen LogP contribution < -0.4 is 10.6 Å². The van der Waals surface area contributed by atoms with E-state index in [1.54, 1.807) is 24.6 Å². The zero-order valence-electron chi connectivity index (χ0n) is 11.5. The molecule has 0 aromatic carbocycles. The predicted octanol–water partition coefficient (Wildman–Crippen LogP) is 2.78. The Kier molecular flexibility index (Phi) is 7.60. The lowest BCUT2D eigenvalue weighted by Gasteiger charge is -2.09. The van der Waals surface area contributed by atoms with E-state index in [4.69, 9.17) is 4.42 Å². The first-order valence-electron chi connectivity index (χ1n) is 6.22. The Morgan fingerprint density at radius 2 is 2.20 bits per heavy atom. The van der Waals surface area contributed by atoms with Gasteiger partial charge in [0.1, 0.15) is 5.76 Å². The molecule has 20 heavy (non-hydrogen) atoms. The molecule has 0 saturated carbocycles. The molecule has 0 saturated heterocycles. The van der Waals surface area contributed by atoms with E-state index in [0.29, 0.717) is 13.1 Å². The molecular formula is C13H19IN4OS. The van der Waals surface area contributed by atoms with Crippen molar-refractivity contribution in [2.75, 3.05) is 7.05 Å². The number of aryl methyl sites for hydroxylation is 1. The number of hydrogen-bond acceptors (Lipinski definition) is 4. The maximum Gasteiger partial charge on any atom is 0.191 e. The third kappa shape index (κ3) is 5.12. The molecule has 2 heterocycles. The highest BCUT2D eigenvalue weighted by Gasteiger charge is 2.03. The Balaban J connectivity index is 0.00000200.